The predicted molar refractivity (Wildman–Crippen MR) is 117 cm³/mol. The summed E-state index contributed by atoms with van der Waals surface area (Å²) in [6.45, 7) is 7.62. The number of likely N-dealkylation sites (tertiary alicyclic amines) is 1. The lowest BCUT2D eigenvalue weighted by Gasteiger charge is -2.36. The van der Waals surface area contributed by atoms with Crippen LogP contribution in [0.2, 0.25) is 0 Å². The zero-order chi connectivity index (χ0) is 20.6. The third-order valence-electron chi connectivity index (χ3n) is 6.00. The fraction of sp³-hybridized carbons (Fsp3) is 0.500. The van der Waals surface area contributed by atoms with Gasteiger partial charge in [0.1, 0.15) is 12.4 Å². The number of nitrogens with zero attached hydrogens (tertiary/aromatic N) is 4. The highest BCUT2D eigenvalue weighted by Gasteiger charge is 2.23. The van der Waals surface area contributed by atoms with Crippen molar-refractivity contribution >= 4 is 5.91 Å². The Morgan fingerprint density at radius 2 is 1.60 bits per heavy atom. The molecule has 6 heteroatoms. The molecule has 3 heterocycles. The van der Waals surface area contributed by atoms with Crippen LogP contribution in [0.3, 0.4) is 0 Å². The summed E-state index contributed by atoms with van der Waals surface area (Å²) in [5.74, 6) is 1.22. The Balaban J connectivity index is 1.25. The number of carbonyl (C=O) groups is 1. The van der Waals surface area contributed by atoms with E-state index < -0.39 is 0 Å². The summed E-state index contributed by atoms with van der Waals surface area (Å²) in [6.07, 6.45) is 5.36. The summed E-state index contributed by atoms with van der Waals surface area (Å²) < 4.78 is 6.06. The summed E-state index contributed by atoms with van der Waals surface area (Å²) in [4.78, 5) is 23.7. The van der Waals surface area contributed by atoms with Gasteiger partial charge in [-0.15, -0.1) is 0 Å². The topological polar surface area (TPSA) is 48.9 Å². The first-order valence-electron chi connectivity index (χ1n) is 11.1. The van der Waals surface area contributed by atoms with Crippen LogP contribution in [-0.2, 0) is 17.9 Å². The Hall–Kier alpha value is -2.44. The third-order valence-corrected chi connectivity index (χ3v) is 6.00. The van der Waals surface area contributed by atoms with Crippen molar-refractivity contribution in [3.63, 3.8) is 0 Å². The molecule has 160 valence electrons. The largest absolute Gasteiger partial charge is 0.487 e. The lowest BCUT2D eigenvalue weighted by Crippen LogP contribution is -2.50. The molecule has 0 atom stereocenters. The van der Waals surface area contributed by atoms with Crippen molar-refractivity contribution in [2.45, 2.75) is 32.4 Å². The lowest BCUT2D eigenvalue weighted by atomic mass is 10.1. The Kier molecular flexibility index (Phi) is 7.32. The van der Waals surface area contributed by atoms with Gasteiger partial charge in [-0.3, -0.25) is 19.6 Å². The summed E-state index contributed by atoms with van der Waals surface area (Å²) in [7, 11) is 0. The maximum absolute atomic E-state index is 12.5. The number of benzene rings is 1. The summed E-state index contributed by atoms with van der Waals surface area (Å²) in [6, 6.07) is 14.1. The van der Waals surface area contributed by atoms with Crippen molar-refractivity contribution in [2.24, 2.45) is 0 Å². The molecule has 0 radical (unpaired) electrons. The second-order valence-corrected chi connectivity index (χ2v) is 8.21. The molecule has 2 aromatic rings. The van der Waals surface area contributed by atoms with E-state index in [9.17, 15) is 4.79 Å². The van der Waals surface area contributed by atoms with E-state index >= 15 is 0 Å². The van der Waals surface area contributed by atoms with E-state index in [0.29, 0.717) is 19.1 Å². The molecule has 0 spiro atoms. The van der Waals surface area contributed by atoms with Crippen LogP contribution in [-0.4, -0.2) is 71.4 Å². The second-order valence-electron chi connectivity index (χ2n) is 8.21. The molecule has 2 fully saturated rings. The number of para-hydroxylation sites is 1. The molecule has 1 aromatic carbocycles. The maximum atomic E-state index is 12.5. The number of pyridine rings is 1. The molecule has 30 heavy (non-hydrogen) atoms. The molecule has 0 bridgehead atoms. The predicted octanol–water partition coefficient (Wildman–Crippen LogP) is 2.79. The highest BCUT2D eigenvalue weighted by Crippen LogP contribution is 2.21. The number of hydrogen-bond donors (Lipinski definition) is 0. The number of piperazine rings is 1. The first kappa shape index (κ1) is 20.8. The van der Waals surface area contributed by atoms with Gasteiger partial charge < -0.3 is 9.64 Å². The van der Waals surface area contributed by atoms with Gasteiger partial charge in [0, 0.05) is 57.6 Å². The highest BCUT2D eigenvalue weighted by atomic mass is 16.5. The standard InChI is InChI=1S/C24H32N4O2/c29-24(28-12-6-1-7-13-28)19-27-16-14-26(15-17-27)18-21-8-2-3-10-23(21)30-20-22-9-4-5-11-25-22/h2-5,8-11H,1,6-7,12-20H2. The van der Waals surface area contributed by atoms with E-state index in [2.05, 4.69) is 26.9 Å². The van der Waals surface area contributed by atoms with Gasteiger partial charge in [-0.25, -0.2) is 0 Å². The molecule has 6 nitrogen and oxygen atoms in total. The Labute approximate surface area is 179 Å². The number of amides is 1. The second kappa shape index (κ2) is 10.5. The Morgan fingerprint density at radius 3 is 2.37 bits per heavy atom. The van der Waals surface area contributed by atoms with Crippen molar-refractivity contribution in [1.82, 2.24) is 19.7 Å². The first-order valence-corrected chi connectivity index (χ1v) is 11.1. The normalized spacial score (nSPS) is 18.3. The highest BCUT2D eigenvalue weighted by molar-refractivity contribution is 5.78. The molecule has 0 N–H and O–H groups in total. The van der Waals surface area contributed by atoms with Crippen LogP contribution < -0.4 is 4.74 Å². The van der Waals surface area contributed by atoms with Gasteiger partial charge in [-0.2, -0.15) is 0 Å². The number of rotatable bonds is 7. The number of carbonyl (C=O) groups excluding carboxylic acids is 1. The number of ether oxygens (including phenoxy) is 1. The van der Waals surface area contributed by atoms with E-state index in [1.165, 1.54) is 12.0 Å². The van der Waals surface area contributed by atoms with Crippen LogP contribution in [0.4, 0.5) is 0 Å². The molecular formula is C24H32N4O2. The zero-order valence-corrected chi connectivity index (χ0v) is 17.7. The molecule has 1 aromatic heterocycles. The molecule has 0 unspecified atom stereocenters. The molecule has 2 aliphatic rings. The minimum atomic E-state index is 0.302. The molecular weight excluding hydrogens is 376 g/mol. The fourth-order valence-electron chi connectivity index (χ4n) is 4.19. The maximum Gasteiger partial charge on any atom is 0.236 e. The number of piperidine rings is 1. The zero-order valence-electron chi connectivity index (χ0n) is 17.7. The van der Waals surface area contributed by atoms with Gasteiger partial charge in [-0.1, -0.05) is 24.3 Å². The fourth-order valence-corrected chi connectivity index (χ4v) is 4.19. The smallest absolute Gasteiger partial charge is 0.236 e. The third kappa shape index (κ3) is 5.80. The van der Waals surface area contributed by atoms with Gasteiger partial charge in [0.2, 0.25) is 5.91 Å². The van der Waals surface area contributed by atoms with Crippen molar-refractivity contribution in [1.29, 1.82) is 0 Å². The van der Waals surface area contributed by atoms with Crippen LogP contribution in [0.15, 0.2) is 48.7 Å². The van der Waals surface area contributed by atoms with Gasteiger partial charge in [0.15, 0.2) is 0 Å². The van der Waals surface area contributed by atoms with Gasteiger partial charge >= 0.3 is 0 Å². The van der Waals surface area contributed by atoms with E-state index in [0.717, 1.165) is 70.1 Å². The number of aromatic nitrogens is 1. The van der Waals surface area contributed by atoms with Crippen LogP contribution in [0.1, 0.15) is 30.5 Å². The molecule has 4 rings (SSSR count). The minimum absolute atomic E-state index is 0.302. The van der Waals surface area contributed by atoms with E-state index in [-0.39, 0.29) is 0 Å². The molecule has 1 amide bonds. The van der Waals surface area contributed by atoms with E-state index in [1.54, 1.807) is 6.20 Å². The summed E-state index contributed by atoms with van der Waals surface area (Å²) in [5, 5.41) is 0. The van der Waals surface area contributed by atoms with E-state index in [4.69, 9.17) is 4.74 Å². The van der Waals surface area contributed by atoms with Crippen molar-refractivity contribution < 1.29 is 9.53 Å². The van der Waals surface area contributed by atoms with Crippen LogP contribution in [0.25, 0.3) is 0 Å². The van der Waals surface area contributed by atoms with Gasteiger partial charge in [0.05, 0.1) is 12.2 Å². The van der Waals surface area contributed by atoms with Crippen LogP contribution in [0, 0.1) is 0 Å². The van der Waals surface area contributed by atoms with Crippen molar-refractivity contribution in [3.8, 4) is 5.75 Å². The van der Waals surface area contributed by atoms with Crippen molar-refractivity contribution in [3.05, 3.63) is 59.9 Å². The van der Waals surface area contributed by atoms with Crippen molar-refractivity contribution in [2.75, 3.05) is 45.8 Å². The first-order chi connectivity index (χ1) is 14.8. The van der Waals surface area contributed by atoms with Crippen LogP contribution >= 0.6 is 0 Å². The summed E-state index contributed by atoms with van der Waals surface area (Å²) >= 11 is 0. The quantitative estimate of drug-likeness (QED) is 0.705. The van der Waals surface area contributed by atoms with Crippen LogP contribution in [0.5, 0.6) is 5.75 Å². The lowest BCUT2D eigenvalue weighted by molar-refractivity contribution is -0.133. The SMILES string of the molecule is O=C(CN1CCN(Cc2ccccc2OCc2ccccn2)CC1)N1CCCCC1. The molecule has 0 saturated carbocycles. The number of hydrogen-bond acceptors (Lipinski definition) is 5. The average molecular weight is 409 g/mol. The molecule has 2 saturated heterocycles. The molecule has 2 aliphatic heterocycles. The monoisotopic (exact) mass is 408 g/mol. The van der Waals surface area contributed by atoms with Gasteiger partial charge in [-0.05, 0) is 37.5 Å². The Morgan fingerprint density at radius 1 is 0.867 bits per heavy atom. The minimum Gasteiger partial charge on any atom is -0.487 e. The molecule has 0 aliphatic carbocycles. The average Bonchev–Trinajstić information content (AvgIpc) is 2.81. The summed E-state index contributed by atoms with van der Waals surface area (Å²) in [5.41, 5.74) is 2.13. The Bertz CT molecular complexity index is 800. The van der Waals surface area contributed by atoms with E-state index in [1.807, 2.05) is 35.2 Å². The van der Waals surface area contributed by atoms with Gasteiger partial charge in [0.25, 0.3) is 0 Å².